The van der Waals surface area contributed by atoms with Crippen molar-refractivity contribution in [2.45, 2.75) is 32.6 Å². The van der Waals surface area contributed by atoms with Gasteiger partial charge in [-0.05, 0) is 41.7 Å². The van der Waals surface area contributed by atoms with Crippen molar-refractivity contribution in [1.29, 1.82) is 0 Å². The van der Waals surface area contributed by atoms with Crippen LogP contribution in [0, 0.1) is 5.92 Å². The molecule has 2 nitrogen and oxygen atoms in total. The Morgan fingerprint density at radius 3 is 2.77 bits per heavy atom. The number of ether oxygens (including phenoxy) is 1. The molecule has 2 heteroatoms. The van der Waals surface area contributed by atoms with Crippen LogP contribution in [0.5, 0.6) is 5.75 Å². The van der Waals surface area contributed by atoms with Crippen molar-refractivity contribution < 1.29 is 4.74 Å². The molecule has 114 valence electrons. The zero-order valence-electron chi connectivity index (χ0n) is 13.5. The quantitative estimate of drug-likeness (QED) is 0.785. The van der Waals surface area contributed by atoms with Crippen molar-refractivity contribution in [1.82, 2.24) is 4.98 Å². The van der Waals surface area contributed by atoms with Crippen LogP contribution in [0.15, 0.2) is 48.2 Å². The molecule has 0 aliphatic heterocycles. The Hall–Kier alpha value is -2.09. The standard InChI is InChI=1S/C20H23NO/c1-14(2)10-19(15-6-4-8-18(12-15)22-3)17-11-16-7-5-9-21-20(16)13-17/h4-9,11-12,14,19H,10,13H2,1-3H3. The van der Waals surface area contributed by atoms with E-state index in [-0.39, 0.29) is 0 Å². The molecular formula is C20H23NO. The minimum absolute atomic E-state index is 0.435. The number of hydrogen-bond donors (Lipinski definition) is 0. The second-order valence-electron chi connectivity index (χ2n) is 6.39. The van der Waals surface area contributed by atoms with Gasteiger partial charge in [0.15, 0.2) is 0 Å². The maximum Gasteiger partial charge on any atom is 0.119 e. The van der Waals surface area contributed by atoms with E-state index in [1.54, 1.807) is 7.11 Å². The van der Waals surface area contributed by atoms with Crippen LogP contribution in [0.1, 0.15) is 43.0 Å². The molecule has 1 aromatic heterocycles. The molecule has 0 fully saturated rings. The van der Waals surface area contributed by atoms with E-state index in [1.165, 1.54) is 22.4 Å². The molecular weight excluding hydrogens is 270 g/mol. The average Bonchev–Trinajstić information content (AvgIpc) is 2.96. The first-order valence-electron chi connectivity index (χ1n) is 7.95. The highest BCUT2D eigenvalue weighted by Crippen LogP contribution is 2.38. The summed E-state index contributed by atoms with van der Waals surface area (Å²) in [5.74, 6) is 2.01. The molecule has 1 atom stereocenters. The normalized spacial score (nSPS) is 14.6. The van der Waals surface area contributed by atoms with Crippen LogP contribution in [0.4, 0.5) is 0 Å². The SMILES string of the molecule is COc1cccc(C(CC(C)C)C2=Cc3cccnc3C2)c1. The molecule has 0 bridgehead atoms. The number of rotatable bonds is 5. The van der Waals surface area contributed by atoms with E-state index in [4.69, 9.17) is 4.74 Å². The van der Waals surface area contributed by atoms with Gasteiger partial charge in [-0.2, -0.15) is 0 Å². The third kappa shape index (κ3) is 3.06. The van der Waals surface area contributed by atoms with Crippen molar-refractivity contribution in [3.05, 3.63) is 65.0 Å². The monoisotopic (exact) mass is 293 g/mol. The Morgan fingerprint density at radius 1 is 1.18 bits per heavy atom. The number of benzene rings is 1. The topological polar surface area (TPSA) is 22.1 Å². The van der Waals surface area contributed by atoms with Crippen LogP contribution in [0.25, 0.3) is 6.08 Å². The average molecular weight is 293 g/mol. The Bertz CT molecular complexity index is 688. The summed E-state index contributed by atoms with van der Waals surface area (Å²) in [7, 11) is 1.73. The summed E-state index contributed by atoms with van der Waals surface area (Å²) in [6, 6.07) is 12.7. The summed E-state index contributed by atoms with van der Waals surface area (Å²) in [5.41, 5.74) is 5.28. The summed E-state index contributed by atoms with van der Waals surface area (Å²) >= 11 is 0. The largest absolute Gasteiger partial charge is 0.497 e. The van der Waals surface area contributed by atoms with Crippen molar-refractivity contribution in [3.63, 3.8) is 0 Å². The molecule has 1 aromatic carbocycles. The fourth-order valence-electron chi connectivity index (χ4n) is 3.23. The lowest BCUT2D eigenvalue weighted by atomic mass is 9.83. The highest BCUT2D eigenvalue weighted by molar-refractivity contribution is 5.64. The molecule has 0 saturated carbocycles. The highest BCUT2D eigenvalue weighted by Gasteiger charge is 2.24. The van der Waals surface area contributed by atoms with Crippen LogP contribution in [-0.4, -0.2) is 12.1 Å². The summed E-state index contributed by atoms with van der Waals surface area (Å²) < 4.78 is 5.40. The Balaban J connectivity index is 1.94. The molecule has 22 heavy (non-hydrogen) atoms. The van der Waals surface area contributed by atoms with Crippen LogP contribution in [0.3, 0.4) is 0 Å². The smallest absolute Gasteiger partial charge is 0.119 e. The summed E-state index contributed by atoms with van der Waals surface area (Å²) in [5, 5.41) is 0. The zero-order valence-corrected chi connectivity index (χ0v) is 13.5. The first-order chi connectivity index (χ1) is 10.7. The van der Waals surface area contributed by atoms with Crippen LogP contribution in [0.2, 0.25) is 0 Å². The summed E-state index contributed by atoms with van der Waals surface area (Å²) in [6.45, 7) is 4.57. The van der Waals surface area contributed by atoms with Gasteiger partial charge in [0.1, 0.15) is 5.75 Å². The molecule has 0 spiro atoms. The fraction of sp³-hybridized carbons (Fsp3) is 0.350. The minimum Gasteiger partial charge on any atom is -0.497 e. The van der Waals surface area contributed by atoms with E-state index in [1.807, 2.05) is 18.3 Å². The Kier molecular flexibility index (Phi) is 4.28. The van der Waals surface area contributed by atoms with Gasteiger partial charge in [0.05, 0.1) is 12.8 Å². The molecule has 1 heterocycles. The van der Waals surface area contributed by atoms with Gasteiger partial charge in [-0.15, -0.1) is 0 Å². The van der Waals surface area contributed by atoms with Gasteiger partial charge in [-0.25, -0.2) is 0 Å². The number of allylic oxidation sites excluding steroid dienone is 1. The van der Waals surface area contributed by atoms with Gasteiger partial charge >= 0.3 is 0 Å². The predicted octanol–water partition coefficient (Wildman–Crippen LogP) is 4.86. The molecule has 3 rings (SSSR count). The third-order valence-electron chi connectivity index (χ3n) is 4.29. The van der Waals surface area contributed by atoms with Gasteiger partial charge in [-0.1, -0.05) is 43.7 Å². The van der Waals surface area contributed by atoms with E-state index in [0.29, 0.717) is 11.8 Å². The van der Waals surface area contributed by atoms with Crippen LogP contribution >= 0.6 is 0 Å². The van der Waals surface area contributed by atoms with Crippen LogP contribution < -0.4 is 4.74 Å². The molecule has 0 radical (unpaired) electrons. The first kappa shape index (κ1) is 14.8. The zero-order chi connectivity index (χ0) is 15.5. The minimum atomic E-state index is 0.435. The Labute approximate surface area is 132 Å². The lowest BCUT2D eigenvalue weighted by Gasteiger charge is -2.21. The molecule has 0 saturated heterocycles. The van der Waals surface area contributed by atoms with Crippen molar-refractivity contribution in [3.8, 4) is 5.75 Å². The number of pyridine rings is 1. The molecule has 0 amide bonds. The number of hydrogen-bond acceptors (Lipinski definition) is 2. The van der Waals surface area contributed by atoms with Gasteiger partial charge in [0.2, 0.25) is 0 Å². The van der Waals surface area contributed by atoms with Crippen molar-refractivity contribution in [2.75, 3.05) is 7.11 Å². The summed E-state index contributed by atoms with van der Waals surface area (Å²) in [6.07, 6.45) is 6.32. The number of nitrogens with zero attached hydrogens (tertiary/aromatic N) is 1. The lowest BCUT2D eigenvalue weighted by Crippen LogP contribution is -2.07. The highest BCUT2D eigenvalue weighted by atomic mass is 16.5. The third-order valence-corrected chi connectivity index (χ3v) is 4.29. The van der Waals surface area contributed by atoms with E-state index in [0.717, 1.165) is 18.6 Å². The molecule has 1 aliphatic rings. The van der Waals surface area contributed by atoms with Crippen LogP contribution in [-0.2, 0) is 6.42 Å². The Morgan fingerprint density at radius 2 is 2.05 bits per heavy atom. The number of aromatic nitrogens is 1. The molecule has 1 aliphatic carbocycles. The van der Waals surface area contributed by atoms with E-state index in [2.05, 4.69) is 49.2 Å². The van der Waals surface area contributed by atoms with E-state index >= 15 is 0 Å². The predicted molar refractivity (Wildman–Crippen MR) is 91.1 cm³/mol. The molecule has 1 unspecified atom stereocenters. The second-order valence-corrected chi connectivity index (χ2v) is 6.39. The fourth-order valence-corrected chi connectivity index (χ4v) is 3.23. The molecule has 2 aromatic rings. The van der Waals surface area contributed by atoms with E-state index in [9.17, 15) is 0 Å². The van der Waals surface area contributed by atoms with E-state index < -0.39 is 0 Å². The van der Waals surface area contributed by atoms with Gasteiger partial charge in [0.25, 0.3) is 0 Å². The number of methoxy groups -OCH3 is 1. The second kappa shape index (κ2) is 6.35. The first-order valence-corrected chi connectivity index (χ1v) is 7.95. The van der Waals surface area contributed by atoms with Crippen molar-refractivity contribution in [2.24, 2.45) is 5.92 Å². The number of fused-ring (bicyclic) bond motifs is 1. The maximum absolute atomic E-state index is 5.40. The van der Waals surface area contributed by atoms with Gasteiger partial charge in [-0.3, -0.25) is 4.98 Å². The summed E-state index contributed by atoms with van der Waals surface area (Å²) in [4.78, 5) is 4.52. The van der Waals surface area contributed by atoms with Crippen molar-refractivity contribution >= 4 is 6.08 Å². The van der Waals surface area contributed by atoms with Gasteiger partial charge in [0, 0.05) is 18.5 Å². The van der Waals surface area contributed by atoms with Gasteiger partial charge < -0.3 is 4.74 Å². The maximum atomic E-state index is 5.40. The molecule has 0 N–H and O–H groups in total. The lowest BCUT2D eigenvalue weighted by molar-refractivity contribution is 0.413.